The van der Waals surface area contributed by atoms with E-state index in [2.05, 4.69) is 5.32 Å². The van der Waals surface area contributed by atoms with E-state index in [0.717, 1.165) is 12.0 Å². The van der Waals surface area contributed by atoms with Gasteiger partial charge in [0.2, 0.25) is 5.91 Å². The Balaban J connectivity index is 2.09. The SMILES string of the molecule is CCCOc1ccccc1/C=C/C(=O)Nc1ccc(C)c([N+](=O)[O-])c1. The molecule has 130 valence electrons. The molecule has 2 aromatic carbocycles. The van der Waals surface area contributed by atoms with Gasteiger partial charge in [0, 0.05) is 29.0 Å². The lowest BCUT2D eigenvalue weighted by atomic mass is 10.1. The summed E-state index contributed by atoms with van der Waals surface area (Å²) < 4.78 is 5.63. The Labute approximate surface area is 146 Å². The zero-order chi connectivity index (χ0) is 18.2. The van der Waals surface area contributed by atoms with Gasteiger partial charge in [-0.05, 0) is 31.6 Å². The van der Waals surface area contributed by atoms with Crippen LogP contribution in [0, 0.1) is 17.0 Å². The van der Waals surface area contributed by atoms with Gasteiger partial charge in [-0.25, -0.2) is 0 Å². The number of nitro benzene ring substituents is 1. The molecule has 1 amide bonds. The summed E-state index contributed by atoms with van der Waals surface area (Å²) in [5.41, 5.74) is 1.68. The quantitative estimate of drug-likeness (QED) is 0.462. The Hall–Kier alpha value is -3.15. The van der Waals surface area contributed by atoms with Crippen molar-refractivity contribution < 1.29 is 14.5 Å². The first-order chi connectivity index (χ1) is 12.0. The Kier molecular flexibility index (Phi) is 6.28. The number of benzene rings is 2. The van der Waals surface area contributed by atoms with Crippen LogP contribution in [0.25, 0.3) is 6.08 Å². The number of aryl methyl sites for hydroxylation is 1. The number of hydrogen-bond donors (Lipinski definition) is 1. The molecule has 1 N–H and O–H groups in total. The van der Waals surface area contributed by atoms with Crippen LogP contribution in [-0.4, -0.2) is 17.4 Å². The van der Waals surface area contributed by atoms with E-state index in [1.807, 2.05) is 31.2 Å². The summed E-state index contributed by atoms with van der Waals surface area (Å²) in [6.07, 6.45) is 3.92. The highest BCUT2D eigenvalue weighted by Crippen LogP contribution is 2.23. The van der Waals surface area contributed by atoms with Crippen LogP contribution in [-0.2, 0) is 4.79 Å². The number of ether oxygens (including phenoxy) is 1. The van der Waals surface area contributed by atoms with Crippen LogP contribution < -0.4 is 10.1 Å². The van der Waals surface area contributed by atoms with E-state index in [9.17, 15) is 14.9 Å². The second-order valence-corrected chi connectivity index (χ2v) is 5.47. The number of rotatable bonds is 7. The molecular formula is C19H20N2O4. The predicted octanol–water partition coefficient (Wildman–Crippen LogP) is 4.34. The molecule has 0 bridgehead atoms. The maximum absolute atomic E-state index is 12.1. The number of carbonyl (C=O) groups excluding carboxylic acids is 1. The third kappa shape index (κ3) is 5.17. The Morgan fingerprint density at radius 3 is 2.76 bits per heavy atom. The van der Waals surface area contributed by atoms with Crippen LogP contribution in [0.5, 0.6) is 5.75 Å². The fourth-order valence-electron chi connectivity index (χ4n) is 2.19. The van der Waals surface area contributed by atoms with Gasteiger partial charge in [0.1, 0.15) is 5.75 Å². The van der Waals surface area contributed by atoms with Crippen LogP contribution in [0.1, 0.15) is 24.5 Å². The van der Waals surface area contributed by atoms with E-state index in [0.29, 0.717) is 23.6 Å². The number of hydrogen-bond acceptors (Lipinski definition) is 4. The molecule has 0 spiro atoms. The lowest BCUT2D eigenvalue weighted by Crippen LogP contribution is -2.08. The Morgan fingerprint density at radius 2 is 2.04 bits per heavy atom. The second-order valence-electron chi connectivity index (χ2n) is 5.47. The van der Waals surface area contributed by atoms with Crippen molar-refractivity contribution in [2.45, 2.75) is 20.3 Å². The van der Waals surface area contributed by atoms with Gasteiger partial charge in [-0.15, -0.1) is 0 Å². The molecule has 0 aliphatic rings. The molecule has 25 heavy (non-hydrogen) atoms. The van der Waals surface area contributed by atoms with Crippen LogP contribution in [0.2, 0.25) is 0 Å². The smallest absolute Gasteiger partial charge is 0.274 e. The Morgan fingerprint density at radius 1 is 1.28 bits per heavy atom. The van der Waals surface area contributed by atoms with Gasteiger partial charge >= 0.3 is 0 Å². The molecule has 0 unspecified atom stereocenters. The molecule has 6 nitrogen and oxygen atoms in total. The van der Waals surface area contributed by atoms with Crippen molar-refractivity contribution in [3.8, 4) is 5.75 Å². The number of nitro groups is 1. The highest BCUT2D eigenvalue weighted by molar-refractivity contribution is 6.02. The number of anilines is 1. The molecule has 6 heteroatoms. The third-order valence-electron chi connectivity index (χ3n) is 3.47. The number of nitrogens with one attached hydrogen (secondary N) is 1. The topological polar surface area (TPSA) is 81.5 Å². The monoisotopic (exact) mass is 340 g/mol. The number of para-hydroxylation sites is 1. The van der Waals surface area contributed by atoms with Crippen LogP contribution in [0.3, 0.4) is 0 Å². The molecular weight excluding hydrogens is 320 g/mol. The lowest BCUT2D eigenvalue weighted by molar-refractivity contribution is -0.385. The summed E-state index contributed by atoms with van der Waals surface area (Å²) in [4.78, 5) is 22.6. The highest BCUT2D eigenvalue weighted by atomic mass is 16.6. The first-order valence-corrected chi connectivity index (χ1v) is 7.97. The third-order valence-corrected chi connectivity index (χ3v) is 3.47. The summed E-state index contributed by atoms with van der Waals surface area (Å²) in [7, 11) is 0. The highest BCUT2D eigenvalue weighted by Gasteiger charge is 2.11. The van der Waals surface area contributed by atoms with E-state index < -0.39 is 4.92 Å². The van der Waals surface area contributed by atoms with Crippen molar-refractivity contribution in [1.29, 1.82) is 0 Å². The molecule has 0 atom stereocenters. The molecule has 0 aliphatic heterocycles. The maximum Gasteiger partial charge on any atom is 0.274 e. The van der Waals surface area contributed by atoms with E-state index in [4.69, 9.17) is 4.74 Å². The number of carbonyl (C=O) groups is 1. The molecule has 0 aromatic heterocycles. The molecule has 0 heterocycles. The summed E-state index contributed by atoms with van der Waals surface area (Å²) in [5, 5.41) is 13.6. The zero-order valence-electron chi connectivity index (χ0n) is 14.2. The minimum atomic E-state index is -0.470. The molecule has 0 saturated carbocycles. The molecule has 2 aromatic rings. The van der Waals surface area contributed by atoms with E-state index in [1.165, 1.54) is 12.1 Å². The molecule has 0 radical (unpaired) electrons. The van der Waals surface area contributed by atoms with Gasteiger partial charge in [-0.3, -0.25) is 14.9 Å². The fraction of sp³-hybridized carbons (Fsp3) is 0.211. The van der Waals surface area contributed by atoms with Crippen molar-refractivity contribution in [3.63, 3.8) is 0 Å². The Bertz CT molecular complexity index is 800. The van der Waals surface area contributed by atoms with Crippen molar-refractivity contribution >= 4 is 23.4 Å². The largest absolute Gasteiger partial charge is 0.493 e. The lowest BCUT2D eigenvalue weighted by Gasteiger charge is -2.07. The fourth-order valence-corrected chi connectivity index (χ4v) is 2.19. The van der Waals surface area contributed by atoms with Gasteiger partial charge in [-0.1, -0.05) is 31.2 Å². The van der Waals surface area contributed by atoms with E-state index in [-0.39, 0.29) is 11.6 Å². The number of amides is 1. The van der Waals surface area contributed by atoms with Gasteiger partial charge in [0.05, 0.1) is 11.5 Å². The number of nitrogens with zero attached hydrogens (tertiary/aromatic N) is 1. The van der Waals surface area contributed by atoms with Gasteiger partial charge in [0.15, 0.2) is 0 Å². The standard InChI is InChI=1S/C19H20N2O4/c1-3-12-25-18-7-5-4-6-15(18)9-11-19(22)20-16-10-8-14(2)17(13-16)21(23)24/h4-11,13H,3,12H2,1-2H3,(H,20,22)/b11-9+. The minimum absolute atomic E-state index is 0.0277. The molecule has 0 aliphatic carbocycles. The summed E-state index contributed by atoms with van der Waals surface area (Å²) >= 11 is 0. The normalized spacial score (nSPS) is 10.6. The van der Waals surface area contributed by atoms with Crippen molar-refractivity contribution in [3.05, 3.63) is 69.8 Å². The summed E-state index contributed by atoms with van der Waals surface area (Å²) in [6.45, 7) is 4.27. The van der Waals surface area contributed by atoms with Gasteiger partial charge in [0.25, 0.3) is 5.69 Å². The second kappa shape index (κ2) is 8.63. The zero-order valence-corrected chi connectivity index (χ0v) is 14.2. The molecule has 2 rings (SSSR count). The first-order valence-electron chi connectivity index (χ1n) is 7.97. The van der Waals surface area contributed by atoms with Gasteiger partial charge < -0.3 is 10.1 Å². The van der Waals surface area contributed by atoms with Crippen molar-refractivity contribution in [2.75, 3.05) is 11.9 Å². The predicted molar refractivity (Wildman–Crippen MR) is 97.7 cm³/mol. The van der Waals surface area contributed by atoms with Crippen molar-refractivity contribution in [2.24, 2.45) is 0 Å². The summed E-state index contributed by atoms with van der Waals surface area (Å²) in [6, 6.07) is 12.0. The van der Waals surface area contributed by atoms with Gasteiger partial charge in [-0.2, -0.15) is 0 Å². The van der Waals surface area contributed by atoms with E-state index >= 15 is 0 Å². The van der Waals surface area contributed by atoms with Crippen LogP contribution in [0.4, 0.5) is 11.4 Å². The molecule has 0 saturated heterocycles. The minimum Gasteiger partial charge on any atom is -0.493 e. The maximum atomic E-state index is 12.1. The van der Waals surface area contributed by atoms with Crippen molar-refractivity contribution in [1.82, 2.24) is 0 Å². The van der Waals surface area contributed by atoms with Crippen LogP contribution in [0.15, 0.2) is 48.5 Å². The average Bonchev–Trinajstić information content (AvgIpc) is 2.60. The van der Waals surface area contributed by atoms with Crippen LogP contribution >= 0.6 is 0 Å². The average molecular weight is 340 g/mol. The van der Waals surface area contributed by atoms with E-state index in [1.54, 1.807) is 25.1 Å². The first kappa shape index (κ1) is 18.2. The summed E-state index contributed by atoms with van der Waals surface area (Å²) in [5.74, 6) is 0.336. The molecule has 0 fully saturated rings.